The van der Waals surface area contributed by atoms with E-state index in [0.29, 0.717) is 32.7 Å². The van der Waals surface area contributed by atoms with Crippen LogP contribution >= 0.6 is 11.6 Å². The molecular weight excluding hydrogens is 424 g/mol. The lowest BCUT2D eigenvalue weighted by Gasteiger charge is -2.35. The molecule has 7 heteroatoms. The number of nitrogens with zero attached hydrogens (tertiary/aromatic N) is 4. The number of carbonyl (C=O) groups excluding carboxylic acids is 1. The molecule has 5 rings (SSSR count). The fourth-order valence-electron chi connectivity index (χ4n) is 4.26. The third-order valence-electron chi connectivity index (χ3n) is 6.00. The molecule has 2 aliphatic heterocycles. The van der Waals surface area contributed by atoms with Gasteiger partial charge in [0.15, 0.2) is 5.82 Å². The fraction of sp³-hybridized carbons (Fsp3) is 0.320. The highest BCUT2D eigenvalue weighted by Gasteiger charge is 2.31. The number of aromatic nitrogens is 2. The maximum Gasteiger partial charge on any atom is 0.245 e. The van der Waals surface area contributed by atoms with Gasteiger partial charge >= 0.3 is 0 Å². The summed E-state index contributed by atoms with van der Waals surface area (Å²) in [6.07, 6.45) is 0.680. The molecule has 3 heterocycles. The summed E-state index contributed by atoms with van der Waals surface area (Å²) in [6.45, 7) is 3.93. The van der Waals surface area contributed by atoms with Crippen molar-refractivity contribution < 1.29 is 9.53 Å². The summed E-state index contributed by atoms with van der Waals surface area (Å²) < 4.78 is 5.55. The summed E-state index contributed by atoms with van der Waals surface area (Å²) in [5, 5.41) is -0.700. The first-order chi connectivity index (χ1) is 15.7. The number of fused-ring (bicyclic) bond motifs is 1. The second kappa shape index (κ2) is 9.27. The molecule has 0 aliphatic carbocycles. The van der Waals surface area contributed by atoms with Crippen LogP contribution in [0.25, 0.3) is 11.4 Å². The number of carbonyl (C=O) groups is 1. The molecule has 1 aromatic heterocycles. The van der Waals surface area contributed by atoms with Gasteiger partial charge in [-0.1, -0.05) is 60.7 Å². The van der Waals surface area contributed by atoms with Crippen LogP contribution in [0.15, 0.2) is 60.7 Å². The number of rotatable bonds is 4. The number of morpholine rings is 1. The number of benzene rings is 2. The van der Waals surface area contributed by atoms with Crippen LogP contribution < -0.4 is 4.90 Å². The van der Waals surface area contributed by atoms with E-state index in [-0.39, 0.29) is 5.91 Å². The van der Waals surface area contributed by atoms with Crippen molar-refractivity contribution >= 4 is 23.3 Å². The SMILES string of the molecule is O=C(C(Cl)c1ccccc1)N1CCc2nc(-c3ccccc3)nc(N3CCOCC3)c2C1. The Morgan fingerprint density at radius 2 is 1.62 bits per heavy atom. The van der Waals surface area contributed by atoms with E-state index < -0.39 is 5.38 Å². The lowest BCUT2D eigenvalue weighted by atomic mass is 10.0. The van der Waals surface area contributed by atoms with Crippen molar-refractivity contribution in [3.63, 3.8) is 0 Å². The van der Waals surface area contributed by atoms with Gasteiger partial charge in [-0.15, -0.1) is 11.6 Å². The smallest absolute Gasteiger partial charge is 0.245 e. The molecule has 164 valence electrons. The van der Waals surface area contributed by atoms with Gasteiger partial charge in [-0.2, -0.15) is 0 Å². The Hall–Kier alpha value is -2.96. The van der Waals surface area contributed by atoms with E-state index in [0.717, 1.165) is 47.1 Å². The van der Waals surface area contributed by atoms with E-state index in [4.69, 9.17) is 26.3 Å². The summed E-state index contributed by atoms with van der Waals surface area (Å²) >= 11 is 6.56. The molecule has 0 spiro atoms. The number of ether oxygens (including phenoxy) is 1. The molecule has 1 unspecified atom stereocenters. The zero-order valence-corrected chi connectivity index (χ0v) is 18.5. The first-order valence-electron chi connectivity index (χ1n) is 11.0. The summed E-state index contributed by atoms with van der Waals surface area (Å²) in [5.41, 5.74) is 3.83. The normalized spacial score (nSPS) is 17.0. The van der Waals surface area contributed by atoms with Crippen LogP contribution in [-0.2, 0) is 22.5 Å². The van der Waals surface area contributed by atoms with Gasteiger partial charge in [0.05, 0.1) is 25.5 Å². The number of hydrogen-bond acceptors (Lipinski definition) is 5. The standard InChI is InChI=1S/C25H25ClN4O2/c26-22(18-7-3-1-4-8-18)25(31)30-12-11-21-20(17-30)24(29-13-15-32-16-14-29)28-23(27-21)19-9-5-2-6-10-19/h1-10,22H,11-17H2. The van der Waals surface area contributed by atoms with Crippen LogP contribution in [0.2, 0.25) is 0 Å². The van der Waals surface area contributed by atoms with E-state index in [1.165, 1.54) is 0 Å². The Balaban J connectivity index is 1.48. The zero-order chi connectivity index (χ0) is 21.9. The number of hydrogen-bond donors (Lipinski definition) is 0. The quantitative estimate of drug-likeness (QED) is 0.567. The first-order valence-corrected chi connectivity index (χ1v) is 11.4. The molecule has 32 heavy (non-hydrogen) atoms. The van der Waals surface area contributed by atoms with E-state index in [1.807, 2.05) is 65.6 Å². The third-order valence-corrected chi connectivity index (χ3v) is 6.44. The average Bonchev–Trinajstić information content (AvgIpc) is 2.88. The van der Waals surface area contributed by atoms with Crippen molar-refractivity contribution in [1.29, 1.82) is 0 Å². The van der Waals surface area contributed by atoms with Crippen molar-refractivity contribution in [3.05, 3.63) is 77.5 Å². The van der Waals surface area contributed by atoms with Crippen LogP contribution in [0.3, 0.4) is 0 Å². The second-order valence-electron chi connectivity index (χ2n) is 8.04. The van der Waals surface area contributed by atoms with Crippen molar-refractivity contribution in [2.24, 2.45) is 0 Å². The lowest BCUT2D eigenvalue weighted by Crippen LogP contribution is -2.42. The maximum absolute atomic E-state index is 13.2. The van der Waals surface area contributed by atoms with Crippen LogP contribution in [-0.4, -0.2) is 53.6 Å². The zero-order valence-electron chi connectivity index (χ0n) is 17.8. The van der Waals surface area contributed by atoms with Crippen molar-refractivity contribution in [3.8, 4) is 11.4 Å². The second-order valence-corrected chi connectivity index (χ2v) is 8.48. The summed E-state index contributed by atoms with van der Waals surface area (Å²) in [6, 6.07) is 19.5. The molecule has 1 saturated heterocycles. The molecule has 0 bridgehead atoms. The Bertz CT molecular complexity index is 1090. The highest BCUT2D eigenvalue weighted by atomic mass is 35.5. The van der Waals surface area contributed by atoms with Crippen molar-refractivity contribution in [2.45, 2.75) is 18.3 Å². The van der Waals surface area contributed by atoms with Crippen LogP contribution in [0.1, 0.15) is 22.2 Å². The molecule has 1 fully saturated rings. The van der Waals surface area contributed by atoms with Crippen LogP contribution in [0.5, 0.6) is 0 Å². The molecule has 1 amide bonds. The van der Waals surface area contributed by atoms with Gasteiger partial charge in [0.25, 0.3) is 0 Å². The molecule has 0 N–H and O–H groups in total. The van der Waals surface area contributed by atoms with E-state index in [9.17, 15) is 4.79 Å². The fourth-order valence-corrected chi connectivity index (χ4v) is 4.55. The summed E-state index contributed by atoms with van der Waals surface area (Å²) in [4.78, 5) is 27.2. The molecule has 1 atom stereocenters. The van der Waals surface area contributed by atoms with Crippen LogP contribution in [0.4, 0.5) is 5.82 Å². The monoisotopic (exact) mass is 448 g/mol. The van der Waals surface area contributed by atoms with Gasteiger partial charge in [-0.25, -0.2) is 9.97 Å². The van der Waals surface area contributed by atoms with Gasteiger partial charge in [0.1, 0.15) is 11.2 Å². The maximum atomic E-state index is 13.2. The topological polar surface area (TPSA) is 58.6 Å². The minimum Gasteiger partial charge on any atom is -0.378 e. The highest BCUT2D eigenvalue weighted by molar-refractivity contribution is 6.30. The lowest BCUT2D eigenvalue weighted by molar-refractivity contribution is -0.131. The van der Waals surface area contributed by atoms with E-state index in [2.05, 4.69) is 4.90 Å². The Labute approximate surface area is 192 Å². The number of halogens is 1. The Kier molecular flexibility index (Phi) is 6.06. The minimum absolute atomic E-state index is 0.0800. The largest absolute Gasteiger partial charge is 0.378 e. The highest BCUT2D eigenvalue weighted by Crippen LogP contribution is 2.32. The number of amides is 1. The van der Waals surface area contributed by atoms with Gasteiger partial charge < -0.3 is 14.5 Å². The molecule has 2 aliphatic rings. The van der Waals surface area contributed by atoms with Crippen molar-refractivity contribution in [2.75, 3.05) is 37.7 Å². The molecule has 0 radical (unpaired) electrons. The predicted molar refractivity (Wildman–Crippen MR) is 125 cm³/mol. The number of alkyl halides is 1. The summed E-state index contributed by atoms with van der Waals surface area (Å²) in [5.74, 6) is 1.55. The average molecular weight is 449 g/mol. The summed E-state index contributed by atoms with van der Waals surface area (Å²) in [7, 11) is 0. The third kappa shape index (κ3) is 4.20. The van der Waals surface area contributed by atoms with Gasteiger partial charge in [-0.05, 0) is 5.56 Å². The van der Waals surface area contributed by atoms with E-state index >= 15 is 0 Å². The van der Waals surface area contributed by atoms with Gasteiger partial charge in [0.2, 0.25) is 5.91 Å². The van der Waals surface area contributed by atoms with Crippen molar-refractivity contribution in [1.82, 2.24) is 14.9 Å². The van der Waals surface area contributed by atoms with Crippen LogP contribution in [0, 0.1) is 0 Å². The molecule has 2 aromatic carbocycles. The molecule has 6 nitrogen and oxygen atoms in total. The molecule has 3 aromatic rings. The minimum atomic E-state index is -0.700. The molecule has 0 saturated carbocycles. The Morgan fingerprint density at radius 1 is 0.938 bits per heavy atom. The molecular formula is C25H25ClN4O2. The predicted octanol–water partition coefficient (Wildman–Crippen LogP) is 3.85. The Morgan fingerprint density at radius 3 is 2.34 bits per heavy atom. The van der Waals surface area contributed by atoms with E-state index in [1.54, 1.807) is 0 Å². The first kappa shape index (κ1) is 20.9. The van der Waals surface area contributed by atoms with Gasteiger partial charge in [-0.3, -0.25) is 4.79 Å². The van der Waals surface area contributed by atoms with Gasteiger partial charge in [0, 0.05) is 37.2 Å². The number of anilines is 1.